The number of hydrogen-bond acceptors (Lipinski definition) is 5. The van der Waals surface area contributed by atoms with Crippen LogP contribution in [-0.2, 0) is 16.6 Å². The Morgan fingerprint density at radius 3 is 2.46 bits per heavy atom. The summed E-state index contributed by atoms with van der Waals surface area (Å²) in [6, 6.07) is 10.4. The monoisotopic (exact) mass is 397 g/mol. The molecule has 4 aromatic rings. The second-order valence-corrected chi connectivity index (χ2v) is 8.02. The average molecular weight is 397 g/mol. The lowest BCUT2D eigenvalue weighted by molar-refractivity contribution is 0.395. The van der Waals surface area contributed by atoms with Crippen molar-refractivity contribution >= 4 is 20.9 Å². The van der Waals surface area contributed by atoms with E-state index in [1.54, 1.807) is 30.1 Å². The molecule has 3 aromatic heterocycles. The predicted octanol–water partition coefficient (Wildman–Crippen LogP) is 2.23. The second-order valence-electron chi connectivity index (χ2n) is 6.45. The molecule has 9 heteroatoms. The van der Waals surface area contributed by atoms with Gasteiger partial charge in [0.2, 0.25) is 15.9 Å². The molecule has 2 N–H and O–H groups in total. The van der Waals surface area contributed by atoms with Crippen molar-refractivity contribution in [3.05, 3.63) is 66.2 Å². The van der Waals surface area contributed by atoms with Crippen molar-refractivity contribution in [1.82, 2.24) is 19.3 Å². The Balaban J connectivity index is 1.82. The zero-order chi connectivity index (χ0) is 19.9. The zero-order valence-electron chi connectivity index (χ0n) is 15.4. The molecule has 3 heterocycles. The Labute approximate surface area is 162 Å². The van der Waals surface area contributed by atoms with Gasteiger partial charge in [-0.1, -0.05) is 12.1 Å². The molecule has 0 aliphatic heterocycles. The molecule has 8 nitrogen and oxygen atoms in total. The Morgan fingerprint density at radius 1 is 1.11 bits per heavy atom. The molecule has 0 saturated heterocycles. The van der Waals surface area contributed by atoms with Gasteiger partial charge in [0.05, 0.1) is 23.2 Å². The second kappa shape index (κ2) is 6.77. The molecule has 0 saturated carbocycles. The SMILES string of the molecule is COc1ncc2ccn(Cc3ccc(S(N)(=O)=O)cc3)c2c1-n1ccc(C)n1. The van der Waals surface area contributed by atoms with Crippen LogP contribution in [0.2, 0.25) is 0 Å². The molecule has 4 rings (SSSR count). The van der Waals surface area contributed by atoms with Gasteiger partial charge in [-0.05, 0) is 36.8 Å². The van der Waals surface area contributed by atoms with E-state index in [0.29, 0.717) is 12.4 Å². The smallest absolute Gasteiger partial charge is 0.241 e. The van der Waals surface area contributed by atoms with Gasteiger partial charge in [0.1, 0.15) is 0 Å². The lowest BCUT2D eigenvalue weighted by atomic mass is 10.2. The van der Waals surface area contributed by atoms with Gasteiger partial charge in [0, 0.05) is 30.5 Å². The van der Waals surface area contributed by atoms with Gasteiger partial charge in [-0.25, -0.2) is 23.2 Å². The van der Waals surface area contributed by atoms with Gasteiger partial charge in [0.15, 0.2) is 5.69 Å². The minimum atomic E-state index is -3.71. The van der Waals surface area contributed by atoms with Crippen LogP contribution in [0.1, 0.15) is 11.3 Å². The molecule has 0 atom stereocenters. The third-order valence-corrected chi connectivity index (χ3v) is 5.42. The number of primary sulfonamides is 1. The first-order valence-corrected chi connectivity index (χ1v) is 10.1. The number of sulfonamides is 1. The topological polar surface area (TPSA) is 105 Å². The van der Waals surface area contributed by atoms with Gasteiger partial charge in [-0.15, -0.1) is 0 Å². The number of pyridine rings is 1. The Kier molecular flexibility index (Phi) is 4.40. The summed E-state index contributed by atoms with van der Waals surface area (Å²) in [5, 5.41) is 10.6. The minimum absolute atomic E-state index is 0.0900. The molecule has 1 aromatic carbocycles. The molecule has 28 heavy (non-hydrogen) atoms. The molecule has 0 bridgehead atoms. The van der Waals surface area contributed by atoms with Crippen molar-refractivity contribution in [1.29, 1.82) is 0 Å². The van der Waals surface area contributed by atoms with Crippen LogP contribution in [0.5, 0.6) is 5.88 Å². The summed E-state index contributed by atoms with van der Waals surface area (Å²) in [7, 11) is -2.13. The zero-order valence-corrected chi connectivity index (χ0v) is 16.2. The Morgan fingerprint density at radius 2 is 1.86 bits per heavy atom. The van der Waals surface area contributed by atoms with Gasteiger partial charge >= 0.3 is 0 Å². The molecule has 0 fully saturated rings. The van der Waals surface area contributed by atoms with Crippen molar-refractivity contribution in [2.75, 3.05) is 7.11 Å². The number of methoxy groups -OCH3 is 1. The van der Waals surface area contributed by atoms with E-state index in [2.05, 4.69) is 14.6 Å². The standard InChI is InChI=1S/C19H19N5O3S/c1-13-7-10-24(22-13)18-17-15(11-21-19(18)27-2)8-9-23(17)12-14-3-5-16(6-4-14)28(20,25)26/h3-11H,12H2,1-2H3,(H2,20,25,26). The summed E-state index contributed by atoms with van der Waals surface area (Å²) in [4.78, 5) is 4.48. The molecule has 0 aliphatic carbocycles. The third kappa shape index (κ3) is 3.25. The highest BCUT2D eigenvalue weighted by atomic mass is 32.2. The van der Waals surface area contributed by atoms with Crippen LogP contribution in [0.4, 0.5) is 0 Å². The first-order valence-electron chi connectivity index (χ1n) is 8.53. The first-order chi connectivity index (χ1) is 13.4. The normalized spacial score (nSPS) is 11.8. The summed E-state index contributed by atoms with van der Waals surface area (Å²) in [6.45, 7) is 2.46. The van der Waals surface area contributed by atoms with Crippen LogP contribution in [-0.4, -0.2) is 34.9 Å². The number of benzene rings is 1. The predicted molar refractivity (Wildman–Crippen MR) is 105 cm³/mol. The molecule has 0 aliphatic rings. The summed E-state index contributed by atoms with van der Waals surface area (Å²) in [5.41, 5.74) is 3.49. The van der Waals surface area contributed by atoms with E-state index in [0.717, 1.165) is 27.8 Å². The van der Waals surface area contributed by atoms with Crippen molar-refractivity contribution in [2.24, 2.45) is 5.14 Å². The number of aromatic nitrogens is 4. The van der Waals surface area contributed by atoms with Crippen LogP contribution < -0.4 is 9.88 Å². The molecular formula is C19H19N5O3S. The van der Waals surface area contributed by atoms with E-state index in [1.807, 2.05) is 31.5 Å². The van der Waals surface area contributed by atoms with E-state index < -0.39 is 10.0 Å². The van der Waals surface area contributed by atoms with Gasteiger partial charge in [-0.2, -0.15) is 5.10 Å². The molecule has 144 valence electrons. The molecule has 0 unspecified atom stereocenters. The van der Waals surface area contributed by atoms with Gasteiger partial charge in [-0.3, -0.25) is 0 Å². The van der Waals surface area contributed by atoms with Crippen LogP contribution in [0.25, 0.3) is 16.6 Å². The van der Waals surface area contributed by atoms with E-state index in [9.17, 15) is 8.42 Å². The quantitative estimate of drug-likeness (QED) is 0.556. The van der Waals surface area contributed by atoms with Crippen LogP contribution in [0.15, 0.2) is 59.9 Å². The summed E-state index contributed by atoms with van der Waals surface area (Å²) in [6.07, 6.45) is 5.58. The summed E-state index contributed by atoms with van der Waals surface area (Å²) >= 11 is 0. The van der Waals surface area contributed by atoms with Gasteiger partial charge < -0.3 is 9.30 Å². The van der Waals surface area contributed by atoms with E-state index in [-0.39, 0.29) is 4.90 Å². The molecule has 0 spiro atoms. The minimum Gasteiger partial charge on any atom is -0.479 e. The lowest BCUT2D eigenvalue weighted by Crippen LogP contribution is -2.12. The maximum Gasteiger partial charge on any atom is 0.241 e. The Bertz CT molecular complexity index is 1260. The van der Waals surface area contributed by atoms with Crippen LogP contribution in [0, 0.1) is 6.92 Å². The van der Waals surface area contributed by atoms with Crippen molar-refractivity contribution in [3.8, 4) is 11.6 Å². The van der Waals surface area contributed by atoms with Crippen LogP contribution in [0.3, 0.4) is 0 Å². The van der Waals surface area contributed by atoms with E-state index in [4.69, 9.17) is 9.88 Å². The number of nitrogens with two attached hydrogens (primary N) is 1. The number of ether oxygens (including phenoxy) is 1. The van der Waals surface area contributed by atoms with Crippen molar-refractivity contribution in [2.45, 2.75) is 18.4 Å². The van der Waals surface area contributed by atoms with Crippen molar-refractivity contribution < 1.29 is 13.2 Å². The highest BCUT2D eigenvalue weighted by molar-refractivity contribution is 7.89. The maximum absolute atomic E-state index is 11.5. The summed E-state index contributed by atoms with van der Waals surface area (Å²) < 4.78 is 32.2. The van der Waals surface area contributed by atoms with Gasteiger partial charge in [0.25, 0.3) is 0 Å². The molecule has 0 radical (unpaired) electrons. The Hall–Kier alpha value is -3.17. The maximum atomic E-state index is 11.5. The largest absolute Gasteiger partial charge is 0.479 e. The fourth-order valence-electron chi connectivity index (χ4n) is 3.17. The number of rotatable bonds is 5. The summed E-state index contributed by atoms with van der Waals surface area (Å²) in [5.74, 6) is 0.472. The molecule has 0 amide bonds. The number of hydrogen-bond donors (Lipinski definition) is 1. The average Bonchev–Trinajstić information content (AvgIpc) is 3.27. The highest BCUT2D eigenvalue weighted by Crippen LogP contribution is 2.30. The third-order valence-electron chi connectivity index (χ3n) is 4.49. The fourth-order valence-corrected chi connectivity index (χ4v) is 3.68. The highest BCUT2D eigenvalue weighted by Gasteiger charge is 2.17. The van der Waals surface area contributed by atoms with E-state index >= 15 is 0 Å². The van der Waals surface area contributed by atoms with E-state index in [1.165, 1.54) is 12.1 Å². The van der Waals surface area contributed by atoms with Crippen molar-refractivity contribution in [3.63, 3.8) is 0 Å². The number of fused-ring (bicyclic) bond motifs is 1. The lowest BCUT2D eigenvalue weighted by Gasteiger charge is -2.13. The molecular weight excluding hydrogens is 378 g/mol. The number of nitrogens with zero attached hydrogens (tertiary/aromatic N) is 4. The fraction of sp³-hybridized carbons (Fsp3) is 0.158. The number of aryl methyl sites for hydroxylation is 1. The van der Waals surface area contributed by atoms with Crippen LogP contribution >= 0.6 is 0 Å². The first kappa shape index (κ1) is 18.2.